The van der Waals surface area contributed by atoms with Gasteiger partial charge in [0.1, 0.15) is 6.54 Å². The van der Waals surface area contributed by atoms with E-state index < -0.39 is 35.2 Å². The van der Waals surface area contributed by atoms with Gasteiger partial charge < -0.3 is 5.11 Å². The second-order valence-corrected chi connectivity index (χ2v) is 6.47. The van der Waals surface area contributed by atoms with Gasteiger partial charge in [-0.3, -0.25) is 9.10 Å². The molecule has 0 aliphatic heterocycles. The van der Waals surface area contributed by atoms with Gasteiger partial charge in [-0.05, 0) is 30.3 Å². The Morgan fingerprint density at radius 1 is 1.17 bits per heavy atom. The van der Waals surface area contributed by atoms with Crippen molar-refractivity contribution in [1.29, 1.82) is 0 Å². The van der Waals surface area contributed by atoms with Crippen molar-refractivity contribution in [2.75, 3.05) is 10.8 Å². The third-order valence-corrected chi connectivity index (χ3v) is 4.69. The molecule has 0 aliphatic rings. The first-order chi connectivity index (χ1) is 11.2. The van der Waals surface area contributed by atoms with Gasteiger partial charge >= 0.3 is 12.1 Å². The minimum atomic E-state index is -4.64. The average Bonchev–Trinajstić information content (AvgIpc) is 2.52. The van der Waals surface area contributed by atoms with Gasteiger partial charge in [0, 0.05) is 0 Å². The molecule has 4 nitrogen and oxygen atoms in total. The van der Waals surface area contributed by atoms with Crippen LogP contribution in [0.4, 0.5) is 18.9 Å². The Hall–Kier alpha value is -2.06. The van der Waals surface area contributed by atoms with Crippen LogP contribution in [0.3, 0.4) is 0 Å². The lowest BCUT2D eigenvalue weighted by molar-refractivity contribution is -0.137. The molecule has 0 bridgehead atoms. The van der Waals surface area contributed by atoms with Crippen LogP contribution in [0.25, 0.3) is 0 Å². The van der Waals surface area contributed by atoms with E-state index in [9.17, 15) is 22.2 Å². The van der Waals surface area contributed by atoms with Crippen molar-refractivity contribution in [3.63, 3.8) is 0 Å². The smallest absolute Gasteiger partial charge is 0.416 e. The van der Waals surface area contributed by atoms with Crippen LogP contribution in [0.5, 0.6) is 0 Å². The van der Waals surface area contributed by atoms with E-state index in [2.05, 4.69) is 0 Å². The second kappa shape index (κ2) is 7.23. The summed E-state index contributed by atoms with van der Waals surface area (Å²) in [5.41, 5.74) is -1.28. The van der Waals surface area contributed by atoms with E-state index in [0.717, 1.165) is 16.4 Å². The van der Waals surface area contributed by atoms with Gasteiger partial charge in [-0.1, -0.05) is 29.8 Å². The number of aliphatic carboxylic acids is 1. The zero-order valence-corrected chi connectivity index (χ0v) is 13.5. The number of alkyl halides is 3. The van der Waals surface area contributed by atoms with E-state index in [0.29, 0.717) is 6.07 Å². The number of carboxylic acids is 1. The molecule has 9 heteroatoms. The highest BCUT2D eigenvalue weighted by Crippen LogP contribution is 2.36. The average molecular weight is 378 g/mol. The van der Waals surface area contributed by atoms with Crippen molar-refractivity contribution >= 4 is 34.2 Å². The molecule has 0 saturated carbocycles. The Morgan fingerprint density at radius 2 is 1.79 bits per heavy atom. The molecular weight excluding hydrogens is 367 g/mol. The number of carbonyl (C=O) groups is 1. The Balaban J connectivity index is 2.52. The monoisotopic (exact) mass is 377 g/mol. The predicted octanol–water partition coefficient (Wildman–Crippen LogP) is 3.97. The van der Waals surface area contributed by atoms with E-state index in [-0.39, 0.29) is 15.6 Å². The maximum atomic E-state index is 12.9. The standard InChI is InChI=1S/C15H11ClF3NO3S/c16-12-7-6-10(15(17,18)19)8-13(12)20(9-14(21)22)24(23)11-4-2-1-3-5-11/h1-8H,9H2,(H,21,22). The summed E-state index contributed by atoms with van der Waals surface area (Å²) in [7, 11) is -2.04. The minimum Gasteiger partial charge on any atom is -0.480 e. The largest absolute Gasteiger partial charge is 0.480 e. The Morgan fingerprint density at radius 3 is 2.33 bits per heavy atom. The molecule has 0 amide bonds. The maximum Gasteiger partial charge on any atom is 0.416 e. The first-order valence-corrected chi connectivity index (χ1v) is 8.01. The first-order valence-electron chi connectivity index (χ1n) is 6.53. The molecule has 128 valence electrons. The van der Waals surface area contributed by atoms with E-state index in [1.807, 2.05) is 0 Å². The third-order valence-electron chi connectivity index (χ3n) is 2.97. The molecule has 2 rings (SSSR count). The summed E-state index contributed by atoms with van der Waals surface area (Å²) in [6.45, 7) is -0.775. The summed E-state index contributed by atoms with van der Waals surface area (Å²) < 4.78 is 52.1. The summed E-state index contributed by atoms with van der Waals surface area (Å²) in [4.78, 5) is 11.3. The molecule has 0 saturated heterocycles. The molecule has 0 spiro atoms. The van der Waals surface area contributed by atoms with E-state index in [4.69, 9.17) is 16.7 Å². The third kappa shape index (κ3) is 4.27. The summed E-state index contributed by atoms with van der Waals surface area (Å²) in [6, 6.07) is 10.2. The van der Waals surface area contributed by atoms with Gasteiger partial charge in [0.05, 0.1) is 21.2 Å². The molecule has 1 N–H and O–H groups in total. The molecular formula is C15H11ClF3NO3S. The molecule has 0 aliphatic carbocycles. The fourth-order valence-electron chi connectivity index (χ4n) is 1.90. The molecule has 1 atom stereocenters. The van der Waals surface area contributed by atoms with Crippen molar-refractivity contribution in [2.45, 2.75) is 11.1 Å². The molecule has 1 unspecified atom stereocenters. The topological polar surface area (TPSA) is 57.6 Å². The van der Waals surface area contributed by atoms with Crippen LogP contribution in [0, 0.1) is 0 Å². The van der Waals surface area contributed by atoms with Crippen molar-refractivity contribution in [3.05, 3.63) is 59.1 Å². The number of anilines is 1. The van der Waals surface area contributed by atoms with Crippen LogP contribution in [-0.4, -0.2) is 21.8 Å². The summed E-state index contributed by atoms with van der Waals surface area (Å²) >= 11 is 5.92. The normalized spacial score (nSPS) is 12.7. The van der Waals surface area contributed by atoms with Gasteiger partial charge in [-0.2, -0.15) is 13.2 Å². The molecule has 24 heavy (non-hydrogen) atoms. The Bertz CT molecular complexity index is 768. The van der Waals surface area contributed by atoms with Crippen LogP contribution >= 0.6 is 11.6 Å². The Labute approximate surface area is 143 Å². The molecule has 0 radical (unpaired) electrons. The SMILES string of the molecule is O=C(O)CN(c1cc(C(F)(F)F)ccc1Cl)S(=O)c1ccccc1. The number of benzene rings is 2. The number of hydrogen-bond acceptors (Lipinski definition) is 2. The van der Waals surface area contributed by atoms with Gasteiger partial charge in [0.2, 0.25) is 0 Å². The number of rotatable bonds is 5. The van der Waals surface area contributed by atoms with Crippen molar-refractivity contribution < 1.29 is 27.3 Å². The van der Waals surface area contributed by atoms with Crippen LogP contribution < -0.4 is 4.31 Å². The number of hydrogen-bond donors (Lipinski definition) is 1. The van der Waals surface area contributed by atoms with Crippen molar-refractivity contribution in [1.82, 2.24) is 0 Å². The van der Waals surface area contributed by atoms with Crippen LogP contribution in [0.15, 0.2) is 53.4 Å². The highest BCUT2D eigenvalue weighted by Gasteiger charge is 2.32. The van der Waals surface area contributed by atoms with Crippen LogP contribution in [0.2, 0.25) is 5.02 Å². The lowest BCUT2D eigenvalue weighted by Gasteiger charge is -2.23. The zero-order chi connectivity index (χ0) is 17.9. The molecule has 2 aromatic rings. The van der Waals surface area contributed by atoms with Crippen molar-refractivity contribution in [3.8, 4) is 0 Å². The maximum absolute atomic E-state index is 12.9. The number of nitrogens with zero attached hydrogens (tertiary/aromatic N) is 1. The highest BCUT2D eigenvalue weighted by molar-refractivity contribution is 7.86. The summed E-state index contributed by atoms with van der Waals surface area (Å²) in [5, 5.41) is 8.89. The van der Waals surface area contributed by atoms with E-state index >= 15 is 0 Å². The minimum absolute atomic E-state index is 0.131. The van der Waals surface area contributed by atoms with Crippen LogP contribution in [-0.2, 0) is 22.0 Å². The van der Waals surface area contributed by atoms with Gasteiger partial charge in [-0.15, -0.1) is 0 Å². The summed E-state index contributed by atoms with van der Waals surface area (Å²) in [6.07, 6.45) is -4.64. The number of halogens is 4. The predicted molar refractivity (Wildman–Crippen MR) is 84.3 cm³/mol. The van der Waals surface area contributed by atoms with Gasteiger partial charge in [-0.25, -0.2) is 4.21 Å². The Kier molecular flexibility index (Phi) is 5.51. The first kappa shape index (κ1) is 18.3. The van der Waals surface area contributed by atoms with Gasteiger partial charge in [0.15, 0.2) is 11.0 Å². The summed E-state index contributed by atoms with van der Waals surface area (Å²) in [5.74, 6) is -1.35. The highest BCUT2D eigenvalue weighted by atomic mass is 35.5. The molecule has 2 aromatic carbocycles. The lowest BCUT2D eigenvalue weighted by atomic mass is 10.2. The van der Waals surface area contributed by atoms with Crippen LogP contribution in [0.1, 0.15) is 5.56 Å². The quantitative estimate of drug-likeness (QED) is 0.857. The fraction of sp³-hybridized carbons (Fsp3) is 0.133. The lowest BCUT2D eigenvalue weighted by Crippen LogP contribution is -2.32. The molecule has 0 aromatic heterocycles. The number of carboxylic acid groups (broad SMARTS) is 1. The molecule has 0 heterocycles. The second-order valence-electron chi connectivity index (χ2n) is 4.66. The zero-order valence-electron chi connectivity index (χ0n) is 12.0. The molecule has 0 fully saturated rings. The van der Waals surface area contributed by atoms with Crippen molar-refractivity contribution in [2.24, 2.45) is 0 Å². The van der Waals surface area contributed by atoms with E-state index in [1.54, 1.807) is 18.2 Å². The van der Waals surface area contributed by atoms with E-state index in [1.165, 1.54) is 12.1 Å². The van der Waals surface area contributed by atoms with Gasteiger partial charge in [0.25, 0.3) is 0 Å². The fourth-order valence-corrected chi connectivity index (χ4v) is 3.37.